The lowest BCUT2D eigenvalue weighted by Crippen LogP contribution is -2.17. The smallest absolute Gasteiger partial charge is 0.342 e. The second kappa shape index (κ2) is 4.52. The molecule has 1 N–H and O–H groups in total. The normalized spacial score (nSPS) is 12.1. The Morgan fingerprint density at radius 3 is 3.07 bits per heavy atom. The van der Waals surface area contributed by atoms with E-state index in [2.05, 4.69) is 4.98 Å². The van der Waals surface area contributed by atoms with Gasteiger partial charge < -0.3 is 15.2 Å². The molecule has 0 fully saturated rings. The van der Waals surface area contributed by atoms with E-state index in [9.17, 15) is 15.2 Å². The molecule has 1 aromatic heterocycles. The van der Waals surface area contributed by atoms with Gasteiger partial charge in [-0.05, 0) is 4.92 Å². The monoisotopic (exact) mass is 210 g/mol. The number of hydrogen-bond acceptors (Lipinski definition) is 5. The number of aromatic nitrogens is 2. The zero-order valence-electron chi connectivity index (χ0n) is 8.12. The molecule has 1 unspecified atom stereocenters. The number of aliphatic hydroxyl groups excluding tert-OH is 1. The number of nitrogens with zero attached hydrogens (tertiary/aromatic N) is 4. The molecule has 0 saturated heterocycles. The fourth-order valence-corrected chi connectivity index (χ4v) is 1.21. The van der Waals surface area contributed by atoms with Gasteiger partial charge in [0.2, 0.25) is 0 Å². The van der Waals surface area contributed by atoms with Crippen molar-refractivity contribution in [1.29, 1.82) is 5.26 Å². The lowest BCUT2D eigenvalue weighted by Gasteiger charge is -2.06. The van der Waals surface area contributed by atoms with Crippen LogP contribution in [0.15, 0.2) is 6.20 Å². The van der Waals surface area contributed by atoms with E-state index in [1.54, 1.807) is 13.0 Å². The Kier molecular flexibility index (Phi) is 3.36. The third kappa shape index (κ3) is 2.51. The molecular formula is C8H10N4O3. The molecular weight excluding hydrogens is 200 g/mol. The Morgan fingerprint density at radius 2 is 2.53 bits per heavy atom. The molecule has 7 nitrogen and oxygen atoms in total. The van der Waals surface area contributed by atoms with Crippen molar-refractivity contribution in [2.75, 3.05) is 0 Å². The zero-order valence-corrected chi connectivity index (χ0v) is 8.12. The highest BCUT2D eigenvalue weighted by Crippen LogP contribution is 2.14. The predicted molar refractivity (Wildman–Crippen MR) is 49.9 cm³/mol. The molecule has 80 valence electrons. The van der Waals surface area contributed by atoms with Gasteiger partial charge in [0.1, 0.15) is 18.8 Å². The third-order valence-corrected chi connectivity index (χ3v) is 1.94. The van der Waals surface area contributed by atoms with E-state index in [-0.39, 0.29) is 18.8 Å². The van der Waals surface area contributed by atoms with Crippen molar-refractivity contribution in [2.45, 2.75) is 26.0 Å². The first kappa shape index (κ1) is 11.1. The van der Waals surface area contributed by atoms with Gasteiger partial charge >= 0.3 is 5.82 Å². The molecule has 0 spiro atoms. The topological polar surface area (TPSA) is 105 Å². The van der Waals surface area contributed by atoms with Crippen molar-refractivity contribution in [2.24, 2.45) is 0 Å². The van der Waals surface area contributed by atoms with Gasteiger partial charge in [0.25, 0.3) is 0 Å². The average molecular weight is 210 g/mol. The lowest BCUT2D eigenvalue weighted by molar-refractivity contribution is -0.392. The number of nitro groups is 1. The van der Waals surface area contributed by atoms with Crippen LogP contribution in [0.2, 0.25) is 0 Å². The molecule has 1 aromatic rings. The molecule has 1 rings (SSSR count). The lowest BCUT2D eigenvalue weighted by atomic mass is 10.3. The molecule has 0 saturated carbocycles. The van der Waals surface area contributed by atoms with Crippen LogP contribution in [-0.4, -0.2) is 25.7 Å². The van der Waals surface area contributed by atoms with Crippen LogP contribution in [0.1, 0.15) is 12.2 Å². The largest absolute Gasteiger partial charge is 0.388 e. The van der Waals surface area contributed by atoms with Gasteiger partial charge in [-0.3, -0.25) is 0 Å². The van der Waals surface area contributed by atoms with Crippen molar-refractivity contribution < 1.29 is 10.0 Å². The van der Waals surface area contributed by atoms with Crippen molar-refractivity contribution in [1.82, 2.24) is 9.55 Å². The molecule has 0 bridgehead atoms. The summed E-state index contributed by atoms with van der Waals surface area (Å²) in [6.45, 7) is 1.61. The Hall–Kier alpha value is -1.94. The predicted octanol–water partition coefficient (Wildman–Crippen LogP) is 0.374. The van der Waals surface area contributed by atoms with Gasteiger partial charge in [-0.15, -0.1) is 0 Å². The molecule has 0 amide bonds. The Balaban J connectivity index is 2.88. The summed E-state index contributed by atoms with van der Waals surface area (Å²) in [4.78, 5) is 13.8. The fourth-order valence-electron chi connectivity index (χ4n) is 1.21. The van der Waals surface area contributed by atoms with Gasteiger partial charge in [-0.2, -0.15) is 5.26 Å². The first-order valence-electron chi connectivity index (χ1n) is 4.27. The second-order valence-electron chi connectivity index (χ2n) is 3.05. The summed E-state index contributed by atoms with van der Waals surface area (Å²) in [6.07, 6.45) is 0.157. The van der Waals surface area contributed by atoms with E-state index in [1.165, 1.54) is 4.57 Å². The average Bonchev–Trinajstić information content (AvgIpc) is 2.48. The summed E-state index contributed by atoms with van der Waals surface area (Å²) in [6, 6.07) is 1.79. The Labute approximate surface area is 85.7 Å². The molecule has 1 heterocycles. The molecule has 1 atom stereocenters. The molecule has 0 aliphatic carbocycles. The zero-order chi connectivity index (χ0) is 11.4. The summed E-state index contributed by atoms with van der Waals surface area (Å²) < 4.78 is 1.28. The number of nitriles is 1. The van der Waals surface area contributed by atoms with Crippen molar-refractivity contribution in [3.05, 3.63) is 22.1 Å². The van der Waals surface area contributed by atoms with E-state index in [0.717, 1.165) is 6.20 Å². The molecule has 7 heteroatoms. The maximum Gasteiger partial charge on any atom is 0.342 e. The third-order valence-electron chi connectivity index (χ3n) is 1.94. The summed E-state index contributed by atoms with van der Waals surface area (Å²) in [7, 11) is 0. The number of aryl methyl sites for hydroxylation is 1. The Morgan fingerprint density at radius 1 is 1.87 bits per heavy atom. The van der Waals surface area contributed by atoms with Crippen LogP contribution in [0.5, 0.6) is 0 Å². The van der Waals surface area contributed by atoms with E-state index >= 15 is 0 Å². The van der Waals surface area contributed by atoms with Crippen LogP contribution in [-0.2, 0) is 6.54 Å². The minimum atomic E-state index is -0.915. The van der Waals surface area contributed by atoms with Crippen molar-refractivity contribution >= 4 is 5.82 Å². The van der Waals surface area contributed by atoms with Crippen LogP contribution in [0.25, 0.3) is 0 Å². The summed E-state index contributed by atoms with van der Waals surface area (Å²) in [5, 5.41) is 28.3. The highest BCUT2D eigenvalue weighted by molar-refractivity contribution is 5.18. The van der Waals surface area contributed by atoms with E-state index in [0.29, 0.717) is 5.82 Å². The number of aliphatic hydroxyl groups is 1. The highest BCUT2D eigenvalue weighted by atomic mass is 16.6. The minimum absolute atomic E-state index is 0.00963. The molecule has 0 radical (unpaired) electrons. The first-order chi connectivity index (χ1) is 7.06. The van der Waals surface area contributed by atoms with Crippen LogP contribution >= 0.6 is 0 Å². The summed E-state index contributed by atoms with van der Waals surface area (Å²) >= 11 is 0. The number of rotatable bonds is 4. The SMILES string of the molecule is Cc1ncc([N+](=O)[O-])n1CC(O)CC#N. The second-order valence-corrected chi connectivity index (χ2v) is 3.05. The van der Waals surface area contributed by atoms with Crippen LogP contribution in [0.3, 0.4) is 0 Å². The van der Waals surface area contributed by atoms with Crippen LogP contribution in [0.4, 0.5) is 5.82 Å². The van der Waals surface area contributed by atoms with E-state index in [1.807, 2.05) is 0 Å². The molecule has 0 aromatic carbocycles. The van der Waals surface area contributed by atoms with Gasteiger partial charge in [0.15, 0.2) is 5.82 Å². The van der Waals surface area contributed by atoms with Crippen molar-refractivity contribution in [3.8, 4) is 6.07 Å². The maximum atomic E-state index is 10.6. The Bertz CT molecular complexity index is 407. The van der Waals surface area contributed by atoms with Gasteiger partial charge in [0, 0.05) is 6.92 Å². The van der Waals surface area contributed by atoms with Crippen molar-refractivity contribution in [3.63, 3.8) is 0 Å². The summed E-state index contributed by atoms with van der Waals surface area (Å²) in [5.41, 5.74) is 0. The number of imidazole rings is 1. The quantitative estimate of drug-likeness (QED) is 0.571. The standard InChI is InChI=1S/C8H10N4O3/c1-6-10-4-8(12(14)15)11(6)5-7(13)2-3-9/h4,7,13H,2,5H2,1H3. The van der Waals surface area contributed by atoms with Gasteiger partial charge in [-0.1, -0.05) is 0 Å². The maximum absolute atomic E-state index is 10.6. The highest BCUT2D eigenvalue weighted by Gasteiger charge is 2.20. The van der Waals surface area contributed by atoms with Gasteiger partial charge in [-0.25, -0.2) is 9.55 Å². The number of hydrogen-bond donors (Lipinski definition) is 1. The fraction of sp³-hybridized carbons (Fsp3) is 0.500. The van der Waals surface area contributed by atoms with Crippen LogP contribution < -0.4 is 0 Å². The van der Waals surface area contributed by atoms with E-state index < -0.39 is 11.0 Å². The van der Waals surface area contributed by atoms with E-state index in [4.69, 9.17) is 5.26 Å². The summed E-state index contributed by atoms with van der Waals surface area (Å²) in [5.74, 6) is 0.267. The molecule has 15 heavy (non-hydrogen) atoms. The first-order valence-corrected chi connectivity index (χ1v) is 4.27. The molecule has 0 aliphatic rings. The van der Waals surface area contributed by atoms with Crippen LogP contribution in [0, 0.1) is 28.4 Å². The van der Waals surface area contributed by atoms with Gasteiger partial charge in [0.05, 0.1) is 12.5 Å². The minimum Gasteiger partial charge on any atom is -0.388 e. The molecule has 0 aliphatic heterocycles.